The highest BCUT2D eigenvalue weighted by Crippen LogP contribution is 2.24. The molecule has 0 aromatic heterocycles. The molecule has 12 nitrogen and oxygen atoms in total. The highest BCUT2D eigenvalue weighted by atomic mass is 19.1. The van der Waals surface area contributed by atoms with Crippen LogP contribution in [0.3, 0.4) is 0 Å². The second-order valence-electron chi connectivity index (χ2n) is 14.2. The Morgan fingerprint density at radius 1 is 0.607 bits per heavy atom. The van der Waals surface area contributed by atoms with Crippen molar-refractivity contribution < 1.29 is 61.5 Å². The van der Waals surface area contributed by atoms with Crippen molar-refractivity contribution in [2.45, 2.75) is 115 Å². The first-order chi connectivity index (χ1) is 27.1. The Morgan fingerprint density at radius 2 is 1.02 bits per heavy atom. The number of carboxylic acid groups (broad SMARTS) is 1. The van der Waals surface area contributed by atoms with Gasteiger partial charge in [-0.25, -0.2) is 4.79 Å². The summed E-state index contributed by atoms with van der Waals surface area (Å²) in [6, 6.07) is 19.1. The third kappa shape index (κ3) is 18.7. The maximum absolute atomic E-state index is 12.1. The summed E-state index contributed by atoms with van der Waals surface area (Å²) in [6.45, 7) is 0.769. The van der Waals surface area contributed by atoms with E-state index >= 15 is 0 Å². The molecule has 6 atom stereocenters. The van der Waals surface area contributed by atoms with Crippen LogP contribution < -0.4 is 5.73 Å². The van der Waals surface area contributed by atoms with Crippen molar-refractivity contribution in [2.75, 3.05) is 33.2 Å². The third-order valence-corrected chi connectivity index (χ3v) is 9.55. The van der Waals surface area contributed by atoms with Gasteiger partial charge in [0.1, 0.15) is 25.4 Å². The van der Waals surface area contributed by atoms with E-state index in [0.29, 0.717) is 58.3 Å². The van der Waals surface area contributed by atoms with Gasteiger partial charge in [-0.05, 0) is 74.3 Å². The fraction of sp³-hybridized carbons (Fsp3) is 0.595. The lowest BCUT2D eigenvalue weighted by molar-refractivity contribution is -0.157. The van der Waals surface area contributed by atoms with E-state index in [1.165, 1.54) is 0 Å². The zero-order valence-electron chi connectivity index (χ0n) is 32.0. The molecule has 5 rings (SSSR count). The number of benzene rings is 2. The van der Waals surface area contributed by atoms with Gasteiger partial charge < -0.3 is 34.5 Å². The fourth-order valence-corrected chi connectivity index (χ4v) is 6.28. The molecule has 310 valence electrons. The Bertz CT molecular complexity index is 1440. The first-order valence-corrected chi connectivity index (χ1v) is 19.5. The molecule has 56 heavy (non-hydrogen) atoms. The molecule has 0 aliphatic carbocycles. The van der Waals surface area contributed by atoms with E-state index in [1.807, 2.05) is 60.7 Å². The number of Topliss-reactive ketones (excluding diaryl/α,β-unsaturated/α-hetero) is 2. The number of carbonyl (C=O) groups excluding carboxylic acids is 4. The minimum atomic E-state index is -0.935. The van der Waals surface area contributed by atoms with Crippen LogP contribution in [0.2, 0.25) is 0 Å². The molecule has 2 aromatic carbocycles. The number of ether oxygens (including phenoxy) is 5. The molecular formula is C42H57F2NO11. The quantitative estimate of drug-likeness (QED) is 0.178. The summed E-state index contributed by atoms with van der Waals surface area (Å²) in [6.07, 6.45) is 4.17. The lowest BCUT2D eigenvalue weighted by Crippen LogP contribution is -2.38. The van der Waals surface area contributed by atoms with Gasteiger partial charge in [-0.15, -0.1) is 0 Å². The molecule has 3 N–H and O–H groups in total. The number of carboxylic acids is 1. The zero-order valence-corrected chi connectivity index (χ0v) is 32.0. The predicted octanol–water partition coefficient (Wildman–Crippen LogP) is 6.05. The van der Waals surface area contributed by atoms with Crippen molar-refractivity contribution in [3.63, 3.8) is 0 Å². The number of halogens is 2. The van der Waals surface area contributed by atoms with E-state index < -0.39 is 31.5 Å². The molecule has 0 radical (unpaired) electrons. The molecule has 3 aliphatic rings. The number of ketones is 2. The van der Waals surface area contributed by atoms with Gasteiger partial charge in [-0.3, -0.25) is 28.0 Å². The smallest absolute Gasteiger partial charge is 0.332 e. The van der Waals surface area contributed by atoms with Crippen LogP contribution in [-0.2, 0) is 60.9 Å². The standard InChI is InChI=1S/C18H23FO4.C15H18O5.C9H16FNO2/c19-10-4-7-16(20)17-9-8-15(13-22-17)11-18(21)23-12-14-5-2-1-3-6-14;16-14(20-9-11-4-2-1-3-5-11)8-12-6-7-13(15(17)18)19-10-12;10-5-1-2-8(12)9-4-3-7(11)6-13-9/h1-3,5-6,15,17H,4,7-13H2;1-5,12-13H,6-10H2,(H,17,18);7,9H,1-6,11H2/t15-,17-;12-,13-;7-,9+/m001/s1. The summed E-state index contributed by atoms with van der Waals surface area (Å²) < 4.78 is 50.3. The number of alkyl halides is 2. The third-order valence-electron chi connectivity index (χ3n) is 9.55. The number of aliphatic carboxylic acids is 1. The Labute approximate surface area is 327 Å². The first kappa shape index (κ1) is 46.3. The average molecular weight is 790 g/mol. The predicted molar refractivity (Wildman–Crippen MR) is 202 cm³/mol. The van der Waals surface area contributed by atoms with Gasteiger partial charge in [0.2, 0.25) is 0 Å². The number of esters is 2. The van der Waals surface area contributed by atoms with Crippen LogP contribution in [0.25, 0.3) is 0 Å². The van der Waals surface area contributed by atoms with Crippen molar-refractivity contribution in [1.82, 2.24) is 0 Å². The van der Waals surface area contributed by atoms with E-state index in [0.717, 1.165) is 24.0 Å². The Kier molecular flexibility index (Phi) is 22.1. The van der Waals surface area contributed by atoms with Crippen molar-refractivity contribution in [3.05, 3.63) is 71.8 Å². The SMILES string of the molecule is N[C@@H]1CC[C@@H](C(=O)CCCF)OC1.O=C(C[C@@H]1CC[C@@H](C(=O)CCCF)OC1)OCc1ccccc1.O=C(C[C@@H]1CC[C@@H](C(=O)O)OC1)OCc1ccccc1. The van der Waals surface area contributed by atoms with E-state index in [2.05, 4.69) is 0 Å². The molecular weight excluding hydrogens is 732 g/mol. The van der Waals surface area contributed by atoms with E-state index in [1.54, 1.807) is 0 Å². The minimum absolute atomic E-state index is 0.0181. The fourth-order valence-electron chi connectivity index (χ4n) is 6.28. The Balaban J connectivity index is 0.000000234. The number of rotatable bonds is 17. The largest absolute Gasteiger partial charge is 0.479 e. The lowest BCUT2D eigenvalue weighted by atomic mass is 9.93. The lowest BCUT2D eigenvalue weighted by Gasteiger charge is -2.27. The summed E-state index contributed by atoms with van der Waals surface area (Å²) >= 11 is 0. The summed E-state index contributed by atoms with van der Waals surface area (Å²) in [4.78, 5) is 57.4. The van der Waals surface area contributed by atoms with Crippen LogP contribution >= 0.6 is 0 Å². The van der Waals surface area contributed by atoms with Gasteiger partial charge >= 0.3 is 17.9 Å². The highest BCUT2D eigenvalue weighted by molar-refractivity contribution is 5.83. The first-order valence-electron chi connectivity index (χ1n) is 19.5. The van der Waals surface area contributed by atoms with E-state index in [4.69, 9.17) is 34.5 Å². The van der Waals surface area contributed by atoms with Gasteiger partial charge in [-0.2, -0.15) is 0 Å². The van der Waals surface area contributed by atoms with Crippen molar-refractivity contribution in [3.8, 4) is 0 Å². The number of hydrogen-bond donors (Lipinski definition) is 2. The van der Waals surface area contributed by atoms with Crippen LogP contribution in [0.5, 0.6) is 0 Å². The maximum Gasteiger partial charge on any atom is 0.332 e. The topological polar surface area (TPSA) is 178 Å². The normalized spacial score (nSPS) is 23.2. The van der Waals surface area contributed by atoms with Crippen LogP contribution in [0.4, 0.5) is 8.78 Å². The van der Waals surface area contributed by atoms with Crippen LogP contribution in [-0.4, -0.2) is 92.1 Å². The van der Waals surface area contributed by atoms with Crippen LogP contribution in [0.1, 0.15) is 88.2 Å². The van der Waals surface area contributed by atoms with E-state index in [9.17, 15) is 32.8 Å². The summed E-state index contributed by atoms with van der Waals surface area (Å²) in [7, 11) is 0. The van der Waals surface area contributed by atoms with Gasteiger partial charge in [0.25, 0.3) is 0 Å². The average Bonchev–Trinajstić information content (AvgIpc) is 3.22. The number of carbonyl (C=O) groups is 5. The molecule has 0 amide bonds. The van der Waals surface area contributed by atoms with Crippen LogP contribution in [0, 0.1) is 11.8 Å². The van der Waals surface area contributed by atoms with Crippen molar-refractivity contribution in [1.29, 1.82) is 0 Å². The van der Waals surface area contributed by atoms with Gasteiger partial charge in [0.15, 0.2) is 17.7 Å². The molecule has 3 heterocycles. The molecule has 0 bridgehead atoms. The molecule has 0 unspecified atom stereocenters. The molecule has 2 aromatic rings. The minimum Gasteiger partial charge on any atom is -0.479 e. The van der Waals surface area contributed by atoms with E-state index in [-0.39, 0.29) is 86.4 Å². The molecule has 0 spiro atoms. The second-order valence-corrected chi connectivity index (χ2v) is 14.2. The zero-order chi connectivity index (χ0) is 40.5. The van der Waals surface area contributed by atoms with Gasteiger partial charge in [-0.1, -0.05) is 60.7 Å². The Morgan fingerprint density at radius 3 is 1.38 bits per heavy atom. The van der Waals surface area contributed by atoms with Gasteiger partial charge in [0.05, 0.1) is 46.0 Å². The van der Waals surface area contributed by atoms with Crippen molar-refractivity contribution >= 4 is 29.5 Å². The monoisotopic (exact) mass is 789 g/mol. The Hall–Kier alpha value is -4.11. The number of nitrogens with two attached hydrogens (primary N) is 1. The van der Waals surface area contributed by atoms with Gasteiger partial charge in [0, 0.05) is 18.9 Å². The second kappa shape index (κ2) is 26.7. The number of hydrogen-bond acceptors (Lipinski definition) is 11. The molecule has 3 aliphatic heterocycles. The van der Waals surface area contributed by atoms with Crippen molar-refractivity contribution in [2.24, 2.45) is 17.6 Å². The summed E-state index contributed by atoms with van der Waals surface area (Å²) in [5, 5.41) is 8.80. The maximum atomic E-state index is 12.1. The summed E-state index contributed by atoms with van der Waals surface area (Å²) in [5.74, 6) is -1.33. The molecule has 3 saturated heterocycles. The molecule has 3 fully saturated rings. The molecule has 0 saturated carbocycles. The summed E-state index contributed by atoms with van der Waals surface area (Å²) in [5.41, 5.74) is 7.51. The molecule has 14 heteroatoms. The van der Waals surface area contributed by atoms with Crippen LogP contribution in [0.15, 0.2) is 60.7 Å². The highest BCUT2D eigenvalue weighted by Gasteiger charge is 2.29.